The first kappa shape index (κ1) is 21.5. The number of nitrogen functional groups attached to an aromatic ring is 1. The number of hydrogen-bond donors (Lipinski definition) is 2. The van der Waals surface area contributed by atoms with Crippen molar-refractivity contribution >= 4 is 23.1 Å². The second kappa shape index (κ2) is 10.1. The number of Topliss-reactive ketones (excluding diaryl/α,β-unsaturated/α-hetero) is 1. The molecule has 1 heterocycles. The lowest BCUT2D eigenvalue weighted by Gasteiger charge is -2.09. The highest BCUT2D eigenvalue weighted by Gasteiger charge is 2.14. The molecule has 0 radical (unpaired) electrons. The first-order valence-electron chi connectivity index (χ1n) is 10.4. The van der Waals surface area contributed by atoms with E-state index in [0.717, 1.165) is 16.7 Å². The third-order valence-electron chi connectivity index (χ3n) is 4.95. The zero-order chi connectivity index (χ0) is 23.0. The molecule has 0 bridgehead atoms. The van der Waals surface area contributed by atoms with E-state index in [2.05, 4.69) is 22.1 Å². The average molecular weight is 431 g/mol. The number of aromatic nitrogens is 1. The van der Waals surface area contributed by atoms with Gasteiger partial charge in [0.15, 0.2) is 5.78 Å². The van der Waals surface area contributed by atoms with Crippen LogP contribution in [0.3, 0.4) is 0 Å². The van der Waals surface area contributed by atoms with Gasteiger partial charge in [-0.15, -0.1) is 0 Å². The van der Waals surface area contributed by atoms with Crippen LogP contribution in [-0.2, 0) is 4.79 Å². The summed E-state index contributed by atoms with van der Waals surface area (Å²) in [5.41, 5.74) is 10.7. The summed E-state index contributed by atoms with van der Waals surface area (Å²) in [4.78, 5) is 29.4. The summed E-state index contributed by atoms with van der Waals surface area (Å²) in [5.74, 6) is 5.41. The molecular weight excluding hydrogens is 410 g/mol. The Hall–Kier alpha value is -4.69. The number of pyridine rings is 1. The lowest BCUT2D eigenvalue weighted by Crippen LogP contribution is -2.17. The Labute approximate surface area is 192 Å². The van der Waals surface area contributed by atoms with Crippen molar-refractivity contribution in [1.29, 1.82) is 0 Å². The van der Waals surface area contributed by atoms with E-state index < -0.39 is 5.91 Å². The van der Waals surface area contributed by atoms with E-state index in [1.165, 1.54) is 0 Å². The fourth-order valence-corrected chi connectivity index (χ4v) is 3.26. The lowest BCUT2D eigenvalue weighted by molar-refractivity contribution is -0.115. The van der Waals surface area contributed by atoms with E-state index in [-0.39, 0.29) is 12.2 Å². The maximum atomic E-state index is 12.7. The molecular formula is C28H21N3O2. The normalized spacial score (nSPS) is 10.1. The number of ketones is 1. The number of benzene rings is 3. The minimum Gasteiger partial charge on any atom is -0.397 e. The summed E-state index contributed by atoms with van der Waals surface area (Å²) in [6.07, 6.45) is 3.12. The Morgan fingerprint density at radius 3 is 2.39 bits per heavy atom. The highest BCUT2D eigenvalue weighted by atomic mass is 16.2. The van der Waals surface area contributed by atoms with Gasteiger partial charge in [0.05, 0.1) is 17.8 Å². The Bertz CT molecular complexity index is 1350. The molecule has 5 nitrogen and oxygen atoms in total. The van der Waals surface area contributed by atoms with Gasteiger partial charge >= 0.3 is 0 Å². The molecule has 0 spiro atoms. The number of hydrogen-bond acceptors (Lipinski definition) is 4. The zero-order valence-corrected chi connectivity index (χ0v) is 17.8. The van der Waals surface area contributed by atoms with Crippen molar-refractivity contribution in [3.63, 3.8) is 0 Å². The molecule has 3 N–H and O–H groups in total. The molecule has 3 aromatic carbocycles. The fourth-order valence-electron chi connectivity index (χ4n) is 3.26. The SMILES string of the molecule is Nc1ccc(C#Cc2ccccc2)cc1NC(=O)CC(=O)c1cccc(-c2cccnc2)c1. The standard InChI is InChI=1S/C28H21N3O2/c29-25-14-13-21(12-11-20-6-2-1-3-7-20)16-26(25)31-28(33)18-27(32)23-9-4-8-22(17-23)24-10-5-15-30-19-24/h1-10,13-17,19H,18,29H2,(H,31,33). The summed E-state index contributed by atoms with van der Waals surface area (Å²) in [7, 11) is 0. The smallest absolute Gasteiger partial charge is 0.232 e. The molecule has 0 saturated heterocycles. The van der Waals surface area contributed by atoms with Gasteiger partial charge in [-0.1, -0.05) is 54.3 Å². The molecule has 0 aliphatic heterocycles. The molecule has 0 saturated carbocycles. The maximum absolute atomic E-state index is 12.7. The van der Waals surface area contributed by atoms with Gasteiger partial charge in [0, 0.05) is 34.6 Å². The number of carbonyl (C=O) groups is 2. The van der Waals surface area contributed by atoms with Crippen molar-refractivity contribution in [2.75, 3.05) is 11.1 Å². The van der Waals surface area contributed by atoms with Crippen LogP contribution in [0.5, 0.6) is 0 Å². The number of nitrogens with two attached hydrogens (primary N) is 1. The van der Waals surface area contributed by atoms with Crippen molar-refractivity contribution in [2.45, 2.75) is 6.42 Å². The molecule has 5 heteroatoms. The van der Waals surface area contributed by atoms with Gasteiger partial charge in [-0.25, -0.2) is 0 Å². The number of nitrogens with one attached hydrogen (secondary N) is 1. The van der Waals surface area contributed by atoms with Crippen molar-refractivity contribution in [3.05, 3.63) is 114 Å². The number of anilines is 2. The monoisotopic (exact) mass is 431 g/mol. The van der Waals surface area contributed by atoms with E-state index >= 15 is 0 Å². The molecule has 1 aromatic heterocycles. The summed E-state index contributed by atoms with van der Waals surface area (Å²) in [5, 5.41) is 2.73. The number of carbonyl (C=O) groups excluding carboxylic acids is 2. The second-order valence-electron chi connectivity index (χ2n) is 7.39. The summed E-state index contributed by atoms with van der Waals surface area (Å²) < 4.78 is 0. The third-order valence-corrected chi connectivity index (χ3v) is 4.95. The van der Waals surface area contributed by atoms with Crippen LogP contribution >= 0.6 is 0 Å². The molecule has 0 aliphatic carbocycles. The van der Waals surface area contributed by atoms with Crippen LogP contribution in [0.15, 0.2) is 97.3 Å². The fraction of sp³-hybridized carbons (Fsp3) is 0.0357. The van der Waals surface area contributed by atoms with Gasteiger partial charge < -0.3 is 11.1 Å². The Balaban J connectivity index is 1.45. The van der Waals surface area contributed by atoms with Crippen LogP contribution in [0, 0.1) is 11.8 Å². The summed E-state index contributed by atoms with van der Waals surface area (Å²) in [6, 6.07) is 25.7. The van der Waals surface area contributed by atoms with E-state index in [4.69, 9.17) is 5.73 Å². The lowest BCUT2D eigenvalue weighted by atomic mass is 10.0. The molecule has 33 heavy (non-hydrogen) atoms. The minimum absolute atomic E-state index is 0.281. The molecule has 0 fully saturated rings. The highest BCUT2D eigenvalue weighted by molar-refractivity contribution is 6.12. The van der Waals surface area contributed by atoms with Gasteiger partial charge in [-0.3, -0.25) is 14.6 Å². The van der Waals surface area contributed by atoms with Gasteiger partial charge in [-0.2, -0.15) is 0 Å². The van der Waals surface area contributed by atoms with Crippen LogP contribution in [0.2, 0.25) is 0 Å². The van der Waals surface area contributed by atoms with Gasteiger partial charge in [0.1, 0.15) is 0 Å². The second-order valence-corrected chi connectivity index (χ2v) is 7.39. The Morgan fingerprint density at radius 2 is 1.61 bits per heavy atom. The third kappa shape index (κ3) is 5.72. The number of rotatable bonds is 5. The van der Waals surface area contributed by atoms with Crippen LogP contribution in [0.25, 0.3) is 11.1 Å². The number of amides is 1. The van der Waals surface area contributed by atoms with Gasteiger partial charge in [0.2, 0.25) is 5.91 Å². The van der Waals surface area contributed by atoms with Crippen molar-refractivity contribution in [2.24, 2.45) is 0 Å². The molecule has 4 rings (SSSR count). The topological polar surface area (TPSA) is 85.1 Å². The summed E-state index contributed by atoms with van der Waals surface area (Å²) in [6.45, 7) is 0. The molecule has 160 valence electrons. The maximum Gasteiger partial charge on any atom is 0.232 e. The van der Waals surface area contributed by atoms with Crippen molar-refractivity contribution in [1.82, 2.24) is 4.98 Å². The van der Waals surface area contributed by atoms with Gasteiger partial charge in [-0.05, 0) is 48.0 Å². The van der Waals surface area contributed by atoms with E-state index in [1.807, 2.05) is 48.5 Å². The van der Waals surface area contributed by atoms with Crippen LogP contribution < -0.4 is 11.1 Å². The van der Waals surface area contributed by atoms with Crippen LogP contribution in [0.4, 0.5) is 11.4 Å². The average Bonchev–Trinajstić information content (AvgIpc) is 2.85. The Morgan fingerprint density at radius 1 is 0.818 bits per heavy atom. The predicted molar refractivity (Wildman–Crippen MR) is 131 cm³/mol. The van der Waals surface area contributed by atoms with E-state index in [9.17, 15) is 9.59 Å². The molecule has 4 aromatic rings. The van der Waals surface area contributed by atoms with Crippen molar-refractivity contribution in [3.8, 4) is 23.0 Å². The zero-order valence-electron chi connectivity index (χ0n) is 17.8. The Kier molecular flexibility index (Phi) is 6.58. The highest BCUT2D eigenvalue weighted by Crippen LogP contribution is 2.22. The van der Waals surface area contributed by atoms with Crippen molar-refractivity contribution < 1.29 is 9.59 Å². The molecule has 0 unspecified atom stereocenters. The van der Waals surface area contributed by atoms with Gasteiger partial charge in [0.25, 0.3) is 0 Å². The minimum atomic E-state index is -0.438. The first-order chi connectivity index (χ1) is 16.1. The number of nitrogens with zero attached hydrogens (tertiary/aromatic N) is 1. The van der Waals surface area contributed by atoms with E-state index in [1.54, 1.807) is 48.8 Å². The first-order valence-corrected chi connectivity index (χ1v) is 10.4. The molecule has 1 amide bonds. The van der Waals surface area contributed by atoms with Crippen LogP contribution in [0.1, 0.15) is 27.9 Å². The predicted octanol–water partition coefficient (Wildman–Crippen LogP) is 4.94. The molecule has 0 atom stereocenters. The molecule has 0 aliphatic rings. The summed E-state index contributed by atoms with van der Waals surface area (Å²) >= 11 is 0. The largest absolute Gasteiger partial charge is 0.397 e. The quantitative estimate of drug-likeness (QED) is 0.203. The van der Waals surface area contributed by atoms with Crippen LogP contribution in [-0.4, -0.2) is 16.7 Å². The van der Waals surface area contributed by atoms with E-state index in [0.29, 0.717) is 22.5 Å².